The van der Waals surface area contributed by atoms with E-state index in [1.165, 1.54) is 6.92 Å². The molecule has 2 aliphatic carbocycles. The van der Waals surface area contributed by atoms with Crippen molar-refractivity contribution in [3.05, 3.63) is 12.2 Å². The van der Waals surface area contributed by atoms with Crippen molar-refractivity contribution >= 4 is 11.9 Å². The zero-order valence-electron chi connectivity index (χ0n) is 13.2. The summed E-state index contributed by atoms with van der Waals surface area (Å²) in [5, 5.41) is 0. The maximum Gasteiger partial charge on any atom is 0.309 e. The van der Waals surface area contributed by atoms with E-state index in [1.54, 1.807) is 0 Å². The first-order valence-electron chi connectivity index (χ1n) is 8.06. The molecule has 2 saturated carbocycles. The number of esters is 2. The van der Waals surface area contributed by atoms with Crippen molar-refractivity contribution in [1.29, 1.82) is 0 Å². The molecule has 0 radical (unpaired) electrons. The van der Waals surface area contributed by atoms with Crippen LogP contribution in [-0.4, -0.2) is 35.9 Å². The Bertz CT molecular complexity index is 569. The van der Waals surface area contributed by atoms with Gasteiger partial charge in [0.25, 0.3) is 0 Å². The molecule has 2 aliphatic heterocycles. The van der Waals surface area contributed by atoms with Gasteiger partial charge in [0.05, 0.1) is 17.6 Å². The maximum absolute atomic E-state index is 12.2. The number of carbonyl (C=O) groups excluding carboxylic acids is 2. The van der Waals surface area contributed by atoms with Gasteiger partial charge in [-0.15, -0.1) is 0 Å². The van der Waals surface area contributed by atoms with E-state index in [4.69, 9.17) is 14.2 Å². The highest BCUT2D eigenvalue weighted by atomic mass is 16.6. The summed E-state index contributed by atoms with van der Waals surface area (Å²) in [6, 6.07) is 0. The molecule has 0 N–H and O–H groups in total. The molecular formula is C17H22O5. The van der Waals surface area contributed by atoms with Crippen LogP contribution in [-0.2, 0) is 23.8 Å². The lowest BCUT2D eigenvalue weighted by molar-refractivity contribution is -0.151. The fourth-order valence-corrected chi connectivity index (χ4v) is 5.09. The maximum atomic E-state index is 12.2. The van der Waals surface area contributed by atoms with Crippen molar-refractivity contribution in [2.75, 3.05) is 0 Å². The summed E-state index contributed by atoms with van der Waals surface area (Å²) in [5.41, 5.74) is 0.886. The van der Waals surface area contributed by atoms with Crippen LogP contribution in [0.25, 0.3) is 0 Å². The number of ether oxygens (including phenoxy) is 3. The molecule has 0 spiro atoms. The highest BCUT2D eigenvalue weighted by Gasteiger charge is 2.72. The van der Waals surface area contributed by atoms with Gasteiger partial charge in [-0.05, 0) is 19.3 Å². The highest BCUT2D eigenvalue weighted by molar-refractivity contribution is 5.75. The highest BCUT2D eigenvalue weighted by Crippen LogP contribution is 2.63. The van der Waals surface area contributed by atoms with Gasteiger partial charge in [-0.3, -0.25) is 9.59 Å². The van der Waals surface area contributed by atoms with E-state index in [0.29, 0.717) is 6.42 Å². The van der Waals surface area contributed by atoms with Crippen molar-refractivity contribution in [3.8, 4) is 0 Å². The Morgan fingerprint density at radius 2 is 2.18 bits per heavy atom. The average Bonchev–Trinajstić information content (AvgIpc) is 2.88. The van der Waals surface area contributed by atoms with Crippen molar-refractivity contribution < 1.29 is 23.8 Å². The lowest BCUT2D eigenvalue weighted by Crippen LogP contribution is -2.41. The minimum atomic E-state index is -0.331. The van der Waals surface area contributed by atoms with Gasteiger partial charge < -0.3 is 14.2 Å². The van der Waals surface area contributed by atoms with Crippen LogP contribution >= 0.6 is 0 Å². The molecule has 5 heteroatoms. The van der Waals surface area contributed by atoms with E-state index < -0.39 is 0 Å². The first kappa shape index (κ1) is 14.2. The number of rotatable bonds is 1. The SMILES string of the molecule is C=C1C[C@H](OC(C)=O)[C@@H]2[C@H](OC(=O)[C@H]2C)[C@@H]2[C@H]1C[C@H]1O[C@@]21C. The normalized spacial score (nSPS) is 52.2. The van der Waals surface area contributed by atoms with E-state index in [1.807, 2.05) is 6.92 Å². The fraction of sp³-hybridized carbons (Fsp3) is 0.765. The average molecular weight is 306 g/mol. The predicted molar refractivity (Wildman–Crippen MR) is 76.7 cm³/mol. The Kier molecular flexibility index (Phi) is 2.81. The summed E-state index contributed by atoms with van der Waals surface area (Å²) in [7, 11) is 0. The minimum Gasteiger partial charge on any atom is -0.462 e. The summed E-state index contributed by atoms with van der Waals surface area (Å²) in [6.45, 7) is 9.63. The molecule has 4 aliphatic rings. The predicted octanol–water partition coefficient (Wildman–Crippen LogP) is 1.85. The van der Waals surface area contributed by atoms with Crippen LogP contribution in [0.5, 0.6) is 0 Å². The zero-order chi connectivity index (χ0) is 15.8. The number of hydrogen-bond acceptors (Lipinski definition) is 5. The number of hydrogen-bond donors (Lipinski definition) is 0. The fourth-order valence-electron chi connectivity index (χ4n) is 5.09. The topological polar surface area (TPSA) is 65.1 Å². The standard InChI is InChI=1S/C17H22O5/c1-7-5-11(20-9(3)18)13-8(2)16(19)21-15(13)14-10(7)6-12-17(14,4)22-12/h8,10-15H,1,5-6H2,2-4H3/t8-,10-,11-,12+,13+,14-,15-,17+/m0/s1. The van der Waals surface area contributed by atoms with E-state index >= 15 is 0 Å². The van der Waals surface area contributed by atoms with E-state index in [0.717, 1.165) is 12.0 Å². The molecule has 22 heavy (non-hydrogen) atoms. The Morgan fingerprint density at radius 1 is 1.45 bits per heavy atom. The molecule has 0 aromatic rings. The van der Waals surface area contributed by atoms with Gasteiger partial charge in [-0.2, -0.15) is 0 Å². The van der Waals surface area contributed by atoms with Crippen LogP contribution < -0.4 is 0 Å². The van der Waals surface area contributed by atoms with Crippen molar-refractivity contribution in [1.82, 2.24) is 0 Å². The Labute approximate surface area is 130 Å². The quantitative estimate of drug-likeness (QED) is 0.420. The monoisotopic (exact) mass is 306 g/mol. The van der Waals surface area contributed by atoms with Crippen LogP contribution in [0.15, 0.2) is 12.2 Å². The molecule has 0 amide bonds. The lowest BCUT2D eigenvalue weighted by atomic mass is 9.77. The van der Waals surface area contributed by atoms with Gasteiger partial charge in [0.15, 0.2) is 0 Å². The second-order valence-corrected chi connectivity index (χ2v) is 7.44. The number of epoxide rings is 1. The van der Waals surface area contributed by atoms with Gasteiger partial charge in [0.2, 0.25) is 0 Å². The Hall–Kier alpha value is -1.36. The molecule has 2 heterocycles. The third kappa shape index (κ3) is 1.75. The second kappa shape index (κ2) is 4.34. The third-order valence-corrected chi connectivity index (χ3v) is 6.21. The van der Waals surface area contributed by atoms with Crippen LogP contribution in [0.2, 0.25) is 0 Å². The summed E-state index contributed by atoms with van der Waals surface area (Å²) >= 11 is 0. The van der Waals surface area contributed by atoms with Crippen LogP contribution in [0, 0.1) is 23.7 Å². The summed E-state index contributed by atoms with van der Waals surface area (Å²) in [4.78, 5) is 23.6. The molecule has 5 nitrogen and oxygen atoms in total. The second-order valence-electron chi connectivity index (χ2n) is 7.44. The van der Waals surface area contributed by atoms with Gasteiger partial charge in [0, 0.05) is 25.2 Å². The summed E-state index contributed by atoms with van der Waals surface area (Å²) in [6.07, 6.45) is 1.23. The van der Waals surface area contributed by atoms with Crippen LogP contribution in [0.4, 0.5) is 0 Å². The van der Waals surface area contributed by atoms with Gasteiger partial charge in [-0.1, -0.05) is 19.1 Å². The van der Waals surface area contributed by atoms with E-state index in [-0.39, 0.29) is 59.5 Å². The molecule has 4 fully saturated rings. The molecule has 0 aromatic carbocycles. The first-order chi connectivity index (χ1) is 10.3. The molecule has 0 aromatic heterocycles. The van der Waals surface area contributed by atoms with Crippen LogP contribution in [0.3, 0.4) is 0 Å². The molecule has 8 atom stereocenters. The number of fused-ring (bicyclic) bond motifs is 5. The molecule has 0 bridgehead atoms. The van der Waals surface area contributed by atoms with Gasteiger partial charge in [-0.25, -0.2) is 0 Å². The first-order valence-corrected chi connectivity index (χ1v) is 8.06. The van der Waals surface area contributed by atoms with Gasteiger partial charge in [0.1, 0.15) is 12.2 Å². The van der Waals surface area contributed by atoms with Crippen molar-refractivity contribution in [2.45, 2.75) is 57.5 Å². The molecular weight excluding hydrogens is 284 g/mol. The van der Waals surface area contributed by atoms with Crippen molar-refractivity contribution in [3.63, 3.8) is 0 Å². The van der Waals surface area contributed by atoms with E-state index in [9.17, 15) is 9.59 Å². The molecule has 2 saturated heterocycles. The van der Waals surface area contributed by atoms with E-state index in [2.05, 4.69) is 13.5 Å². The smallest absolute Gasteiger partial charge is 0.309 e. The Morgan fingerprint density at radius 3 is 2.86 bits per heavy atom. The molecule has 120 valence electrons. The molecule has 0 unspecified atom stereocenters. The minimum absolute atomic E-state index is 0.108. The zero-order valence-corrected chi connectivity index (χ0v) is 13.2. The summed E-state index contributed by atoms with van der Waals surface area (Å²) in [5.74, 6) is -0.461. The van der Waals surface area contributed by atoms with Crippen molar-refractivity contribution in [2.24, 2.45) is 23.7 Å². The Balaban J connectivity index is 1.74. The molecule has 4 rings (SSSR count). The lowest BCUT2D eigenvalue weighted by Gasteiger charge is -2.31. The third-order valence-electron chi connectivity index (χ3n) is 6.21. The van der Waals surface area contributed by atoms with Crippen LogP contribution in [0.1, 0.15) is 33.6 Å². The summed E-state index contributed by atoms with van der Waals surface area (Å²) < 4.78 is 17.2. The largest absolute Gasteiger partial charge is 0.462 e. The number of carbonyl (C=O) groups is 2. The van der Waals surface area contributed by atoms with Gasteiger partial charge >= 0.3 is 11.9 Å².